The second-order valence-electron chi connectivity index (χ2n) is 5.49. The molecule has 112 valence electrons. The van der Waals surface area contributed by atoms with Crippen molar-refractivity contribution in [2.75, 3.05) is 6.54 Å². The largest absolute Gasteiger partial charge is 0.374 e. The molecule has 0 atom stereocenters. The lowest BCUT2D eigenvalue weighted by molar-refractivity contribution is 0.0113. The Balaban J connectivity index is 1.71. The zero-order valence-corrected chi connectivity index (χ0v) is 12.8. The van der Waals surface area contributed by atoms with Gasteiger partial charge in [-0.3, -0.25) is 0 Å². The van der Waals surface area contributed by atoms with Crippen molar-refractivity contribution in [3.8, 4) is 0 Å². The van der Waals surface area contributed by atoms with E-state index < -0.39 is 0 Å². The number of hydrogen-bond donors (Lipinski definition) is 1. The third-order valence-electron chi connectivity index (χ3n) is 3.83. The quantitative estimate of drug-likeness (QED) is 0.845. The zero-order valence-electron chi connectivity index (χ0n) is 12.0. The summed E-state index contributed by atoms with van der Waals surface area (Å²) in [6.07, 6.45) is 5.97. The summed E-state index contributed by atoms with van der Waals surface area (Å²) < 4.78 is 19.2. The molecule has 0 saturated heterocycles. The summed E-state index contributed by atoms with van der Waals surface area (Å²) in [4.78, 5) is 0. The van der Waals surface area contributed by atoms with E-state index in [4.69, 9.17) is 16.3 Å². The van der Waals surface area contributed by atoms with Gasteiger partial charge in [0.2, 0.25) is 0 Å². The summed E-state index contributed by atoms with van der Waals surface area (Å²) in [6.45, 7) is 3.75. The van der Waals surface area contributed by atoms with Crippen LogP contribution in [-0.2, 0) is 11.3 Å². The van der Waals surface area contributed by atoms with E-state index in [0.717, 1.165) is 24.9 Å². The number of ether oxygens (including phenoxy) is 1. The Bertz CT molecular complexity index is 419. The van der Waals surface area contributed by atoms with Gasteiger partial charge in [0.05, 0.1) is 17.7 Å². The number of rotatable bonds is 6. The first kappa shape index (κ1) is 15.7. The minimum Gasteiger partial charge on any atom is -0.374 e. The van der Waals surface area contributed by atoms with Gasteiger partial charge in [0.1, 0.15) is 5.82 Å². The summed E-state index contributed by atoms with van der Waals surface area (Å²) in [5, 5.41) is 3.72. The predicted molar refractivity (Wildman–Crippen MR) is 80.5 cm³/mol. The van der Waals surface area contributed by atoms with Crippen LogP contribution in [0, 0.1) is 5.82 Å². The molecule has 0 heterocycles. The summed E-state index contributed by atoms with van der Waals surface area (Å²) in [7, 11) is 0. The highest BCUT2D eigenvalue weighted by molar-refractivity contribution is 6.30. The van der Waals surface area contributed by atoms with E-state index in [2.05, 4.69) is 12.2 Å². The van der Waals surface area contributed by atoms with E-state index in [-0.39, 0.29) is 10.8 Å². The van der Waals surface area contributed by atoms with Crippen molar-refractivity contribution in [2.45, 2.75) is 57.8 Å². The van der Waals surface area contributed by atoms with Gasteiger partial charge in [-0.25, -0.2) is 4.39 Å². The highest BCUT2D eigenvalue weighted by Crippen LogP contribution is 2.23. The zero-order chi connectivity index (χ0) is 14.4. The maximum absolute atomic E-state index is 13.3. The van der Waals surface area contributed by atoms with Crippen LogP contribution in [0.4, 0.5) is 4.39 Å². The van der Waals surface area contributed by atoms with Crippen LogP contribution >= 0.6 is 11.6 Å². The summed E-state index contributed by atoms with van der Waals surface area (Å²) in [5.41, 5.74) is 0.845. The fraction of sp³-hybridized carbons (Fsp3) is 0.625. The van der Waals surface area contributed by atoms with Crippen LogP contribution in [0.3, 0.4) is 0 Å². The predicted octanol–water partition coefficient (Wildman–Crippen LogP) is 4.31. The molecule has 1 N–H and O–H groups in total. The van der Waals surface area contributed by atoms with Gasteiger partial charge < -0.3 is 10.1 Å². The van der Waals surface area contributed by atoms with Crippen molar-refractivity contribution in [3.63, 3.8) is 0 Å². The first-order valence-corrected chi connectivity index (χ1v) is 7.85. The molecule has 4 heteroatoms. The third-order valence-corrected chi connectivity index (χ3v) is 4.13. The topological polar surface area (TPSA) is 21.3 Å². The van der Waals surface area contributed by atoms with Crippen molar-refractivity contribution in [3.05, 3.63) is 34.6 Å². The van der Waals surface area contributed by atoms with Gasteiger partial charge >= 0.3 is 0 Å². The van der Waals surface area contributed by atoms with Crippen LogP contribution in [0.15, 0.2) is 18.2 Å². The molecule has 1 saturated carbocycles. The van der Waals surface area contributed by atoms with Gasteiger partial charge in [-0.1, -0.05) is 24.6 Å². The van der Waals surface area contributed by atoms with Gasteiger partial charge in [-0.2, -0.15) is 0 Å². The Morgan fingerprint density at radius 1 is 1.30 bits per heavy atom. The van der Waals surface area contributed by atoms with Crippen LogP contribution in [0.25, 0.3) is 0 Å². The molecule has 20 heavy (non-hydrogen) atoms. The Labute approximate surface area is 125 Å². The highest BCUT2D eigenvalue weighted by Gasteiger charge is 2.21. The van der Waals surface area contributed by atoms with E-state index in [0.29, 0.717) is 18.8 Å². The average molecular weight is 300 g/mol. The molecule has 0 radical (unpaired) electrons. The van der Waals surface area contributed by atoms with Gasteiger partial charge in [0.15, 0.2) is 0 Å². The Morgan fingerprint density at radius 2 is 2.05 bits per heavy atom. The van der Waals surface area contributed by atoms with E-state index in [1.54, 1.807) is 6.07 Å². The Hall–Kier alpha value is -0.640. The molecule has 1 aliphatic carbocycles. The summed E-state index contributed by atoms with van der Waals surface area (Å²) in [5.74, 6) is -0.375. The van der Waals surface area contributed by atoms with Crippen molar-refractivity contribution < 1.29 is 9.13 Å². The van der Waals surface area contributed by atoms with E-state index in [1.807, 2.05) is 6.07 Å². The summed E-state index contributed by atoms with van der Waals surface area (Å²) in [6, 6.07) is 5.50. The lowest BCUT2D eigenvalue weighted by atomic mass is 9.93. The number of hydrogen-bond acceptors (Lipinski definition) is 2. The molecule has 1 aromatic carbocycles. The number of benzene rings is 1. The Morgan fingerprint density at radius 3 is 2.70 bits per heavy atom. The molecule has 1 fully saturated rings. The number of halogens is 2. The molecular weight excluding hydrogens is 277 g/mol. The molecule has 1 aromatic rings. The van der Waals surface area contributed by atoms with Crippen LogP contribution in [0.2, 0.25) is 5.02 Å². The van der Waals surface area contributed by atoms with E-state index >= 15 is 0 Å². The minimum absolute atomic E-state index is 0.163. The van der Waals surface area contributed by atoms with Gasteiger partial charge in [0, 0.05) is 6.04 Å². The first-order chi connectivity index (χ1) is 9.69. The van der Waals surface area contributed by atoms with Crippen molar-refractivity contribution in [1.29, 1.82) is 0 Å². The minimum atomic E-state index is -0.375. The lowest BCUT2D eigenvalue weighted by Crippen LogP contribution is -2.35. The van der Waals surface area contributed by atoms with Crippen molar-refractivity contribution in [1.82, 2.24) is 5.32 Å². The number of nitrogens with one attached hydrogen (secondary N) is 1. The van der Waals surface area contributed by atoms with Crippen molar-refractivity contribution in [2.24, 2.45) is 0 Å². The normalized spacial score (nSPS) is 22.9. The fourth-order valence-corrected chi connectivity index (χ4v) is 2.74. The van der Waals surface area contributed by atoms with Crippen LogP contribution in [0.1, 0.15) is 44.6 Å². The van der Waals surface area contributed by atoms with Gasteiger partial charge in [-0.15, -0.1) is 0 Å². The SMILES string of the molecule is CCCNC1CCC(OCc2ccc(Cl)c(F)c2)CC1. The molecule has 0 amide bonds. The first-order valence-electron chi connectivity index (χ1n) is 7.48. The lowest BCUT2D eigenvalue weighted by Gasteiger charge is -2.29. The van der Waals surface area contributed by atoms with Gasteiger partial charge in [0.25, 0.3) is 0 Å². The molecule has 2 nitrogen and oxygen atoms in total. The standard InChI is InChI=1S/C16H23ClFNO/c1-2-9-19-13-4-6-14(7-5-13)20-11-12-3-8-15(17)16(18)10-12/h3,8,10,13-14,19H,2,4-7,9,11H2,1H3. The van der Waals surface area contributed by atoms with Crippen LogP contribution < -0.4 is 5.32 Å². The second-order valence-corrected chi connectivity index (χ2v) is 5.89. The molecule has 0 aliphatic heterocycles. The van der Waals surface area contributed by atoms with E-state index in [1.165, 1.54) is 25.3 Å². The molecule has 2 rings (SSSR count). The maximum atomic E-state index is 13.3. The second kappa shape index (κ2) is 7.96. The molecular formula is C16H23ClFNO. The average Bonchev–Trinajstić information content (AvgIpc) is 2.47. The Kier molecular flexibility index (Phi) is 6.27. The maximum Gasteiger partial charge on any atom is 0.142 e. The third kappa shape index (κ3) is 4.72. The van der Waals surface area contributed by atoms with Gasteiger partial charge in [-0.05, 0) is 56.3 Å². The molecule has 0 bridgehead atoms. The molecule has 0 unspecified atom stereocenters. The fourth-order valence-electron chi connectivity index (χ4n) is 2.63. The van der Waals surface area contributed by atoms with Crippen LogP contribution in [-0.4, -0.2) is 18.7 Å². The summed E-state index contributed by atoms with van der Waals surface area (Å²) >= 11 is 5.66. The molecule has 1 aliphatic rings. The van der Waals surface area contributed by atoms with E-state index in [9.17, 15) is 4.39 Å². The highest BCUT2D eigenvalue weighted by atomic mass is 35.5. The monoisotopic (exact) mass is 299 g/mol. The molecule has 0 aromatic heterocycles. The van der Waals surface area contributed by atoms with Crippen LogP contribution in [0.5, 0.6) is 0 Å². The molecule has 0 spiro atoms. The smallest absolute Gasteiger partial charge is 0.142 e. The van der Waals surface area contributed by atoms with Crippen molar-refractivity contribution >= 4 is 11.6 Å².